The highest BCUT2D eigenvalue weighted by Gasteiger charge is 2.25. The maximum absolute atomic E-state index is 6.45. The van der Waals surface area contributed by atoms with Crippen LogP contribution in [0.2, 0.25) is 0 Å². The number of benzene rings is 1. The summed E-state index contributed by atoms with van der Waals surface area (Å²) in [6, 6.07) is 9.80. The normalized spacial score (nSPS) is 16.7. The van der Waals surface area contributed by atoms with Gasteiger partial charge in [0.2, 0.25) is 5.55 Å². The minimum absolute atomic E-state index is 0.0334. The standard InChI is InChI=1S/C19H25N3O2/c1-3-4-5-6-7-17-21-19-16(12-13-24-19)18(20)22(17)14-8-10-15(23-2)11-9-14/h8-13,17H,3-7,20H2,1-2H3. The van der Waals surface area contributed by atoms with Gasteiger partial charge >= 0.3 is 0 Å². The first-order valence-corrected chi connectivity index (χ1v) is 8.59. The van der Waals surface area contributed by atoms with E-state index in [0.717, 1.165) is 29.5 Å². The molecule has 1 aliphatic rings. The molecule has 0 bridgehead atoms. The minimum atomic E-state index is -0.0334. The largest absolute Gasteiger partial charge is 0.497 e. The maximum Gasteiger partial charge on any atom is 0.227 e. The summed E-state index contributed by atoms with van der Waals surface area (Å²) in [4.78, 5) is 6.88. The number of nitrogens with zero attached hydrogens (tertiary/aromatic N) is 2. The number of rotatable bonds is 7. The van der Waals surface area contributed by atoms with Crippen molar-refractivity contribution >= 4 is 11.5 Å². The fourth-order valence-corrected chi connectivity index (χ4v) is 3.08. The van der Waals surface area contributed by atoms with Crippen LogP contribution in [0.25, 0.3) is 5.82 Å². The third kappa shape index (κ3) is 3.25. The molecule has 1 atom stereocenters. The molecule has 1 aromatic carbocycles. The second-order valence-corrected chi connectivity index (χ2v) is 6.05. The Morgan fingerprint density at radius 1 is 1.17 bits per heavy atom. The van der Waals surface area contributed by atoms with Crippen molar-refractivity contribution < 1.29 is 9.15 Å². The minimum Gasteiger partial charge on any atom is -0.497 e. The first-order valence-electron chi connectivity index (χ1n) is 8.59. The Hall–Kier alpha value is -2.43. The molecule has 1 aliphatic heterocycles. The molecule has 128 valence electrons. The zero-order chi connectivity index (χ0) is 16.9. The lowest BCUT2D eigenvalue weighted by molar-refractivity contribution is 0.414. The molecule has 0 aliphatic carbocycles. The van der Waals surface area contributed by atoms with Crippen molar-refractivity contribution in [3.05, 3.63) is 47.4 Å². The summed E-state index contributed by atoms with van der Waals surface area (Å²) < 4.78 is 10.7. The van der Waals surface area contributed by atoms with E-state index < -0.39 is 0 Å². The lowest BCUT2D eigenvalue weighted by Gasteiger charge is -2.32. The number of fused-ring (bicyclic) bond motifs is 1. The van der Waals surface area contributed by atoms with Gasteiger partial charge in [0, 0.05) is 5.69 Å². The van der Waals surface area contributed by atoms with Crippen molar-refractivity contribution in [3.8, 4) is 5.75 Å². The Kier molecular flexibility index (Phi) is 5.08. The van der Waals surface area contributed by atoms with E-state index in [1.54, 1.807) is 13.4 Å². The molecule has 5 heteroatoms. The monoisotopic (exact) mass is 327 g/mol. The molecule has 0 saturated carbocycles. The second-order valence-electron chi connectivity index (χ2n) is 6.05. The van der Waals surface area contributed by atoms with Crippen LogP contribution in [0, 0.1) is 0 Å². The van der Waals surface area contributed by atoms with Gasteiger partial charge in [-0.3, -0.25) is 0 Å². The van der Waals surface area contributed by atoms with E-state index in [4.69, 9.17) is 19.9 Å². The fraction of sp³-hybridized carbons (Fsp3) is 0.421. The number of hydrogen-bond acceptors (Lipinski definition) is 5. The van der Waals surface area contributed by atoms with Crippen LogP contribution >= 0.6 is 0 Å². The highest BCUT2D eigenvalue weighted by atomic mass is 16.5. The van der Waals surface area contributed by atoms with Crippen molar-refractivity contribution in [2.75, 3.05) is 12.0 Å². The number of ether oxygens (including phenoxy) is 1. The number of hydrogen-bond donors (Lipinski definition) is 1. The Labute approximate surface area is 142 Å². The molecule has 0 amide bonds. The molecule has 24 heavy (non-hydrogen) atoms. The molecule has 0 saturated heterocycles. The molecular weight excluding hydrogens is 302 g/mol. The lowest BCUT2D eigenvalue weighted by Crippen LogP contribution is -2.47. The van der Waals surface area contributed by atoms with Crippen molar-refractivity contribution in [2.24, 2.45) is 10.7 Å². The van der Waals surface area contributed by atoms with Crippen LogP contribution in [0.1, 0.15) is 39.0 Å². The van der Waals surface area contributed by atoms with Crippen LogP contribution in [0.4, 0.5) is 5.69 Å². The smallest absolute Gasteiger partial charge is 0.227 e. The summed E-state index contributed by atoms with van der Waals surface area (Å²) in [5, 5.41) is 0.857. The molecule has 1 unspecified atom stereocenters. The SMILES string of the molecule is CCCCCCC1N=c2occc2=C(N)N1c1ccc(OC)cc1. The van der Waals surface area contributed by atoms with Crippen molar-refractivity contribution in [1.82, 2.24) is 0 Å². The molecule has 2 aromatic rings. The Balaban J connectivity index is 1.92. The zero-order valence-electron chi connectivity index (χ0n) is 14.4. The average molecular weight is 327 g/mol. The average Bonchev–Trinajstić information content (AvgIpc) is 3.08. The van der Waals surface area contributed by atoms with E-state index >= 15 is 0 Å². The zero-order valence-corrected chi connectivity index (χ0v) is 14.4. The van der Waals surface area contributed by atoms with Crippen LogP contribution in [0.15, 0.2) is 46.0 Å². The van der Waals surface area contributed by atoms with Crippen molar-refractivity contribution in [2.45, 2.75) is 45.2 Å². The van der Waals surface area contributed by atoms with E-state index in [1.165, 1.54) is 19.3 Å². The van der Waals surface area contributed by atoms with E-state index in [0.29, 0.717) is 11.4 Å². The topological polar surface area (TPSA) is 64.0 Å². The van der Waals surface area contributed by atoms with Crippen LogP contribution < -0.4 is 26.1 Å². The predicted molar refractivity (Wildman–Crippen MR) is 95.1 cm³/mol. The summed E-state index contributed by atoms with van der Waals surface area (Å²) in [5.74, 6) is 1.52. The quantitative estimate of drug-likeness (QED) is 0.794. The third-order valence-electron chi connectivity index (χ3n) is 4.41. The lowest BCUT2D eigenvalue weighted by atomic mass is 10.1. The first-order chi connectivity index (χ1) is 11.7. The van der Waals surface area contributed by atoms with Crippen molar-refractivity contribution in [3.63, 3.8) is 0 Å². The van der Waals surface area contributed by atoms with E-state index in [9.17, 15) is 0 Å². The van der Waals surface area contributed by atoms with E-state index in [-0.39, 0.29) is 6.17 Å². The fourth-order valence-electron chi connectivity index (χ4n) is 3.08. The van der Waals surface area contributed by atoms with Crippen LogP contribution in [-0.4, -0.2) is 13.3 Å². The number of methoxy groups -OCH3 is 1. The predicted octanol–water partition coefficient (Wildman–Crippen LogP) is 2.75. The number of nitrogens with two attached hydrogens (primary N) is 1. The molecule has 0 fully saturated rings. The Bertz CT molecular complexity index is 780. The maximum atomic E-state index is 6.45. The summed E-state index contributed by atoms with van der Waals surface area (Å²) >= 11 is 0. The van der Waals surface area contributed by atoms with Gasteiger partial charge in [-0.15, -0.1) is 0 Å². The Morgan fingerprint density at radius 3 is 2.67 bits per heavy atom. The van der Waals surface area contributed by atoms with Gasteiger partial charge in [0.05, 0.1) is 18.6 Å². The van der Waals surface area contributed by atoms with E-state index in [1.807, 2.05) is 30.3 Å². The van der Waals surface area contributed by atoms with Gasteiger partial charge in [-0.25, -0.2) is 4.99 Å². The molecule has 0 radical (unpaired) electrons. The molecular formula is C19H25N3O2. The van der Waals surface area contributed by atoms with Gasteiger partial charge in [0.15, 0.2) is 0 Å². The first kappa shape index (κ1) is 16.4. The van der Waals surface area contributed by atoms with Gasteiger partial charge in [-0.05, 0) is 43.2 Å². The molecule has 2 N–H and O–H groups in total. The van der Waals surface area contributed by atoms with Crippen LogP contribution in [0.5, 0.6) is 5.75 Å². The van der Waals surface area contributed by atoms with Gasteiger partial charge in [-0.1, -0.05) is 26.2 Å². The summed E-state index contributed by atoms with van der Waals surface area (Å²) in [6.07, 6.45) is 7.37. The molecule has 0 spiro atoms. The molecule has 3 rings (SSSR count). The second kappa shape index (κ2) is 7.43. The van der Waals surface area contributed by atoms with Gasteiger partial charge in [0.1, 0.15) is 17.7 Å². The summed E-state index contributed by atoms with van der Waals surface area (Å²) in [6.45, 7) is 2.22. The van der Waals surface area contributed by atoms with Gasteiger partial charge in [0.25, 0.3) is 0 Å². The van der Waals surface area contributed by atoms with Crippen LogP contribution in [0.3, 0.4) is 0 Å². The number of anilines is 1. The Morgan fingerprint density at radius 2 is 1.96 bits per heavy atom. The number of unbranched alkanes of at least 4 members (excludes halogenated alkanes) is 3. The highest BCUT2D eigenvalue weighted by Crippen LogP contribution is 2.27. The summed E-state index contributed by atoms with van der Waals surface area (Å²) in [5.41, 5.74) is 8.10. The molecule has 2 heterocycles. The van der Waals surface area contributed by atoms with Crippen molar-refractivity contribution in [1.29, 1.82) is 0 Å². The highest BCUT2D eigenvalue weighted by molar-refractivity contribution is 5.68. The third-order valence-corrected chi connectivity index (χ3v) is 4.41. The van der Waals surface area contributed by atoms with Gasteiger partial charge in [-0.2, -0.15) is 0 Å². The molecule has 1 aromatic heterocycles. The molecule has 5 nitrogen and oxygen atoms in total. The van der Waals surface area contributed by atoms with Crippen LogP contribution in [-0.2, 0) is 0 Å². The summed E-state index contributed by atoms with van der Waals surface area (Å²) in [7, 11) is 1.67. The van der Waals surface area contributed by atoms with E-state index in [2.05, 4.69) is 11.8 Å². The van der Waals surface area contributed by atoms with Gasteiger partial charge < -0.3 is 19.8 Å². The number of furan rings is 1.